The fraction of sp³-hybridized carbons (Fsp3) is 0.486. The number of nitrogens with zero attached hydrogens (tertiary/aromatic N) is 2. The van der Waals surface area contributed by atoms with Crippen molar-refractivity contribution in [2.45, 2.75) is 82.8 Å². The first-order chi connectivity index (χ1) is 23.6. The van der Waals surface area contributed by atoms with Gasteiger partial charge in [0.2, 0.25) is 0 Å². The van der Waals surface area contributed by atoms with Crippen LogP contribution in [0.5, 0.6) is 5.75 Å². The molecule has 1 heterocycles. The molecule has 13 heteroatoms. The number of amides is 1. The van der Waals surface area contributed by atoms with Gasteiger partial charge in [0.15, 0.2) is 0 Å². The number of aryl methyl sites for hydroxylation is 1. The van der Waals surface area contributed by atoms with Crippen molar-refractivity contribution in [3.8, 4) is 5.75 Å². The molecule has 1 aliphatic rings. The number of carbonyl (C=O) groups is 1. The van der Waals surface area contributed by atoms with E-state index in [2.05, 4.69) is 4.72 Å². The molecule has 50 heavy (non-hydrogen) atoms. The summed E-state index contributed by atoms with van der Waals surface area (Å²) in [5.41, 5.74) is 1.27. The molecule has 4 rings (SSSR count). The molecule has 2 N–H and O–H groups in total. The normalized spacial score (nSPS) is 20.5. The SMILES string of the molecule is Cc1ccc(S(=O)(=O)Nc2ccc3c(c2)C(=O)N([C@H](C)CO)C[C@H](C)[C@H](CN(C)Cc2ccc(C(F)(F)F)cc2)OCCCC[C@@H](C)O3)cc1. The van der Waals surface area contributed by atoms with Gasteiger partial charge in [-0.3, -0.25) is 14.4 Å². The van der Waals surface area contributed by atoms with Gasteiger partial charge in [-0.05, 0) is 95.1 Å². The molecule has 4 atom stereocenters. The second kappa shape index (κ2) is 17.0. The molecule has 3 aromatic carbocycles. The fourth-order valence-electron chi connectivity index (χ4n) is 5.86. The van der Waals surface area contributed by atoms with Gasteiger partial charge in [-0.1, -0.05) is 36.8 Å². The molecule has 0 bridgehead atoms. The van der Waals surface area contributed by atoms with E-state index in [-0.39, 0.29) is 47.4 Å². The van der Waals surface area contributed by atoms with Crippen LogP contribution in [-0.4, -0.2) is 80.8 Å². The molecule has 1 aliphatic heterocycles. The highest BCUT2D eigenvalue weighted by molar-refractivity contribution is 7.92. The number of alkyl halides is 3. The van der Waals surface area contributed by atoms with Gasteiger partial charge in [-0.15, -0.1) is 0 Å². The van der Waals surface area contributed by atoms with Crippen molar-refractivity contribution in [3.63, 3.8) is 0 Å². The number of anilines is 1. The number of aliphatic hydroxyl groups is 1. The summed E-state index contributed by atoms with van der Waals surface area (Å²) in [5, 5.41) is 10.2. The number of fused-ring (bicyclic) bond motifs is 1. The van der Waals surface area contributed by atoms with E-state index in [4.69, 9.17) is 9.47 Å². The molecule has 0 radical (unpaired) electrons. The Hall–Kier alpha value is -3.65. The lowest BCUT2D eigenvalue weighted by Gasteiger charge is -2.36. The largest absolute Gasteiger partial charge is 0.490 e. The molecule has 0 fully saturated rings. The summed E-state index contributed by atoms with van der Waals surface area (Å²) in [4.78, 5) is 18.0. The van der Waals surface area contributed by atoms with E-state index in [1.165, 1.54) is 30.3 Å². The maximum atomic E-state index is 14.4. The minimum atomic E-state index is -4.41. The molecule has 0 aliphatic carbocycles. The number of ether oxygens (including phenoxy) is 2. The highest BCUT2D eigenvalue weighted by Gasteiger charge is 2.32. The van der Waals surface area contributed by atoms with E-state index in [1.807, 2.05) is 32.7 Å². The van der Waals surface area contributed by atoms with E-state index in [0.29, 0.717) is 31.9 Å². The summed E-state index contributed by atoms with van der Waals surface area (Å²) in [6.45, 7) is 8.65. The predicted molar refractivity (Wildman–Crippen MR) is 187 cm³/mol. The number of rotatable bonds is 9. The number of hydrogen-bond acceptors (Lipinski definition) is 7. The topological polar surface area (TPSA) is 108 Å². The van der Waals surface area contributed by atoms with Gasteiger partial charge in [0.1, 0.15) is 5.75 Å². The predicted octanol–water partition coefficient (Wildman–Crippen LogP) is 6.74. The number of carbonyl (C=O) groups excluding carboxylic acids is 1. The van der Waals surface area contributed by atoms with Crippen LogP contribution in [-0.2, 0) is 27.5 Å². The van der Waals surface area contributed by atoms with E-state index in [1.54, 1.807) is 36.1 Å². The van der Waals surface area contributed by atoms with Gasteiger partial charge in [-0.25, -0.2) is 8.42 Å². The lowest BCUT2D eigenvalue weighted by molar-refractivity contribution is -0.137. The lowest BCUT2D eigenvalue weighted by Crippen LogP contribution is -2.47. The minimum Gasteiger partial charge on any atom is -0.490 e. The van der Waals surface area contributed by atoms with Crippen LogP contribution >= 0.6 is 0 Å². The molecule has 0 saturated carbocycles. The van der Waals surface area contributed by atoms with Crippen LogP contribution in [0, 0.1) is 12.8 Å². The van der Waals surface area contributed by atoms with Crippen LogP contribution in [0.3, 0.4) is 0 Å². The van der Waals surface area contributed by atoms with Crippen molar-refractivity contribution in [1.82, 2.24) is 9.80 Å². The number of nitrogens with one attached hydrogen (secondary N) is 1. The number of aliphatic hydroxyl groups excluding tert-OH is 1. The second-order valence-corrected chi connectivity index (χ2v) is 15.0. The molecule has 0 unspecified atom stereocenters. The third-order valence-electron chi connectivity index (χ3n) is 8.86. The van der Waals surface area contributed by atoms with E-state index in [9.17, 15) is 31.5 Å². The van der Waals surface area contributed by atoms with E-state index in [0.717, 1.165) is 36.1 Å². The Morgan fingerprint density at radius 3 is 2.36 bits per heavy atom. The van der Waals surface area contributed by atoms with Gasteiger partial charge in [0, 0.05) is 37.8 Å². The van der Waals surface area contributed by atoms with Crippen LogP contribution in [0.1, 0.15) is 67.1 Å². The first-order valence-electron chi connectivity index (χ1n) is 16.9. The molecule has 3 aromatic rings. The Bertz CT molecular complexity index is 1670. The number of sulfonamides is 1. The summed E-state index contributed by atoms with van der Waals surface area (Å²) in [7, 11) is -2.09. The third kappa shape index (κ3) is 10.7. The average Bonchev–Trinajstić information content (AvgIpc) is 3.06. The summed E-state index contributed by atoms with van der Waals surface area (Å²) in [5.74, 6) is -0.354. The summed E-state index contributed by atoms with van der Waals surface area (Å²) < 4.78 is 80.9. The van der Waals surface area contributed by atoms with Crippen LogP contribution in [0.15, 0.2) is 71.6 Å². The molecule has 0 spiro atoms. The van der Waals surface area contributed by atoms with Crippen LogP contribution < -0.4 is 9.46 Å². The minimum absolute atomic E-state index is 0.0815. The number of likely N-dealkylation sites (N-methyl/N-ethyl adjacent to an activating group) is 1. The van der Waals surface area contributed by atoms with Gasteiger partial charge >= 0.3 is 6.18 Å². The molecule has 0 aromatic heterocycles. The summed E-state index contributed by atoms with van der Waals surface area (Å²) in [6.07, 6.45) is -2.76. The van der Waals surface area contributed by atoms with E-state index >= 15 is 0 Å². The summed E-state index contributed by atoms with van der Waals surface area (Å²) in [6, 6.07) is 15.5. The maximum Gasteiger partial charge on any atom is 0.416 e. The first-order valence-corrected chi connectivity index (χ1v) is 18.3. The van der Waals surface area contributed by atoms with Crippen molar-refractivity contribution in [3.05, 3.63) is 89.0 Å². The Morgan fingerprint density at radius 1 is 1.04 bits per heavy atom. The zero-order valence-corrected chi connectivity index (χ0v) is 30.1. The summed E-state index contributed by atoms with van der Waals surface area (Å²) >= 11 is 0. The van der Waals surface area contributed by atoms with Crippen molar-refractivity contribution in [1.29, 1.82) is 0 Å². The number of halogens is 3. The Morgan fingerprint density at radius 2 is 1.72 bits per heavy atom. The number of hydrogen-bond donors (Lipinski definition) is 2. The molecule has 0 saturated heterocycles. The van der Waals surface area contributed by atoms with Gasteiger partial charge in [0.05, 0.1) is 40.9 Å². The standard InChI is InChI=1S/C37H48F3N3O6S/c1-25-9-16-32(17-10-25)50(46,47)41-31-15-18-34-33(20-31)36(45)43(27(3)24-44)21-26(2)35(48-19-7-6-8-28(4)49-34)23-42(5)22-29-11-13-30(14-12-29)37(38,39)40/h9-18,20,26-28,35,41,44H,6-8,19,21-24H2,1-5H3/t26-,27+,28+,35-/m0/s1. The molecular weight excluding hydrogens is 671 g/mol. The quantitative estimate of drug-likeness (QED) is 0.252. The van der Waals surface area contributed by atoms with Crippen LogP contribution in [0.25, 0.3) is 0 Å². The zero-order valence-electron chi connectivity index (χ0n) is 29.2. The molecule has 1 amide bonds. The van der Waals surface area contributed by atoms with Gasteiger partial charge < -0.3 is 19.5 Å². The van der Waals surface area contributed by atoms with Crippen LogP contribution in [0.2, 0.25) is 0 Å². The second-order valence-electron chi connectivity index (χ2n) is 13.3. The Balaban J connectivity index is 1.61. The third-order valence-corrected chi connectivity index (χ3v) is 10.3. The fourth-order valence-corrected chi connectivity index (χ4v) is 6.91. The maximum absolute atomic E-state index is 14.4. The van der Waals surface area contributed by atoms with Crippen molar-refractivity contribution >= 4 is 21.6 Å². The Kier molecular flexibility index (Phi) is 13.3. The first kappa shape index (κ1) is 39.1. The zero-order chi connectivity index (χ0) is 36.6. The molecular formula is C37H48F3N3O6S. The smallest absolute Gasteiger partial charge is 0.416 e. The lowest BCUT2D eigenvalue weighted by atomic mass is 10.0. The van der Waals surface area contributed by atoms with Gasteiger partial charge in [-0.2, -0.15) is 13.2 Å². The van der Waals surface area contributed by atoms with Crippen LogP contribution in [0.4, 0.5) is 18.9 Å². The van der Waals surface area contributed by atoms with Gasteiger partial charge in [0.25, 0.3) is 15.9 Å². The molecule has 274 valence electrons. The van der Waals surface area contributed by atoms with Crippen molar-refractivity contribution in [2.24, 2.45) is 5.92 Å². The highest BCUT2D eigenvalue weighted by atomic mass is 32.2. The number of benzene rings is 3. The molecule has 9 nitrogen and oxygen atoms in total. The monoisotopic (exact) mass is 719 g/mol. The average molecular weight is 720 g/mol. The highest BCUT2D eigenvalue weighted by Crippen LogP contribution is 2.31. The Labute approximate surface area is 293 Å². The van der Waals surface area contributed by atoms with Crippen molar-refractivity contribution < 1.29 is 41.0 Å². The van der Waals surface area contributed by atoms with E-state index < -0.39 is 33.7 Å². The van der Waals surface area contributed by atoms with Crippen molar-refractivity contribution in [2.75, 3.05) is 38.1 Å².